The summed E-state index contributed by atoms with van der Waals surface area (Å²) in [5.74, 6) is 0. The molecule has 0 fully saturated rings. The van der Waals surface area contributed by atoms with Gasteiger partial charge >= 0.3 is 0 Å². The van der Waals surface area contributed by atoms with Gasteiger partial charge < -0.3 is 16.9 Å². The van der Waals surface area contributed by atoms with Crippen LogP contribution in [0.4, 0.5) is 0 Å². The van der Waals surface area contributed by atoms with E-state index >= 15 is 0 Å². The highest BCUT2D eigenvalue weighted by atomic mass is 35.5. The summed E-state index contributed by atoms with van der Waals surface area (Å²) >= 11 is 0. The van der Waals surface area contributed by atoms with Crippen LogP contribution in [-0.4, -0.2) is 25.1 Å². The summed E-state index contributed by atoms with van der Waals surface area (Å²) in [7, 11) is 4.43. The van der Waals surface area contributed by atoms with Crippen LogP contribution in [0.3, 0.4) is 0 Å². The third kappa shape index (κ3) is 6.56. The summed E-state index contributed by atoms with van der Waals surface area (Å²) in [6.45, 7) is 5.84. The largest absolute Gasteiger partial charge is 1.00 e. The standard InChI is InChI=1S/C12H18N.2ClH/c1-4-10-13(2,3)11-12-8-6-5-7-9-12;;/h4-9H,1,10-11H2,2-3H3;2*1H/q+1;;/p-1. The van der Waals surface area contributed by atoms with Gasteiger partial charge in [-0.2, -0.15) is 0 Å². The molecule has 0 spiro atoms. The first-order valence-electron chi connectivity index (χ1n) is 4.61. The van der Waals surface area contributed by atoms with E-state index in [9.17, 15) is 0 Å². The zero-order valence-corrected chi connectivity index (χ0v) is 10.9. The van der Waals surface area contributed by atoms with Crippen molar-refractivity contribution < 1.29 is 16.9 Å². The maximum atomic E-state index is 3.77. The smallest absolute Gasteiger partial charge is 0.104 e. The summed E-state index contributed by atoms with van der Waals surface area (Å²) in [6.07, 6.45) is 1.98. The van der Waals surface area contributed by atoms with Crippen LogP contribution in [0.1, 0.15) is 5.56 Å². The van der Waals surface area contributed by atoms with E-state index in [0.717, 1.165) is 17.6 Å². The lowest BCUT2D eigenvalue weighted by molar-refractivity contribution is -0.897. The highest BCUT2D eigenvalue weighted by Gasteiger charge is 2.12. The van der Waals surface area contributed by atoms with E-state index in [-0.39, 0.29) is 24.8 Å². The van der Waals surface area contributed by atoms with Crippen molar-refractivity contribution in [2.75, 3.05) is 20.6 Å². The van der Waals surface area contributed by atoms with Gasteiger partial charge in [-0.1, -0.05) is 36.9 Å². The molecule has 0 aliphatic heterocycles. The first-order valence-corrected chi connectivity index (χ1v) is 4.61. The van der Waals surface area contributed by atoms with Crippen molar-refractivity contribution in [2.45, 2.75) is 6.54 Å². The van der Waals surface area contributed by atoms with Crippen molar-refractivity contribution in [3.63, 3.8) is 0 Å². The number of hydrogen-bond donors (Lipinski definition) is 0. The zero-order valence-electron chi connectivity index (χ0n) is 9.32. The second-order valence-electron chi connectivity index (χ2n) is 4.05. The Hall–Kier alpha value is -0.500. The summed E-state index contributed by atoms with van der Waals surface area (Å²) in [5, 5.41) is 0. The molecular formula is C12H19Cl2N. The van der Waals surface area contributed by atoms with Crippen LogP contribution < -0.4 is 12.4 Å². The van der Waals surface area contributed by atoms with Gasteiger partial charge in [-0.3, -0.25) is 0 Å². The summed E-state index contributed by atoms with van der Waals surface area (Å²) in [4.78, 5) is 0. The number of likely N-dealkylation sites (N-methyl/N-ethyl adjacent to an activating group) is 1. The molecule has 0 aliphatic rings. The SMILES string of the molecule is C=CC[N+](C)(C)Cc1ccccc1.Cl.[Cl-]. The van der Waals surface area contributed by atoms with Crippen molar-refractivity contribution >= 4 is 12.4 Å². The maximum Gasteiger partial charge on any atom is 0.104 e. The van der Waals surface area contributed by atoms with E-state index in [4.69, 9.17) is 0 Å². The Bertz CT molecular complexity index is 270. The van der Waals surface area contributed by atoms with Crippen molar-refractivity contribution in [1.29, 1.82) is 0 Å². The molecule has 0 radical (unpaired) electrons. The molecule has 1 aromatic rings. The highest BCUT2D eigenvalue weighted by molar-refractivity contribution is 5.85. The van der Waals surface area contributed by atoms with Crippen LogP contribution in [0.25, 0.3) is 0 Å². The van der Waals surface area contributed by atoms with Gasteiger partial charge in [0, 0.05) is 5.56 Å². The minimum Gasteiger partial charge on any atom is -1.00 e. The molecule has 86 valence electrons. The van der Waals surface area contributed by atoms with E-state index < -0.39 is 0 Å². The average molecular weight is 248 g/mol. The molecule has 0 aromatic heterocycles. The number of benzene rings is 1. The van der Waals surface area contributed by atoms with Crippen LogP contribution in [0.15, 0.2) is 43.0 Å². The Labute approximate surface area is 105 Å². The fourth-order valence-electron chi connectivity index (χ4n) is 1.49. The van der Waals surface area contributed by atoms with E-state index in [0.29, 0.717) is 0 Å². The molecule has 0 aliphatic carbocycles. The minimum atomic E-state index is 0. The predicted molar refractivity (Wildman–Crippen MR) is 64.6 cm³/mol. The van der Waals surface area contributed by atoms with Gasteiger partial charge in [0.2, 0.25) is 0 Å². The van der Waals surface area contributed by atoms with Crippen molar-refractivity contribution in [3.8, 4) is 0 Å². The fraction of sp³-hybridized carbons (Fsp3) is 0.333. The van der Waals surface area contributed by atoms with E-state index in [1.54, 1.807) is 0 Å². The van der Waals surface area contributed by atoms with Gasteiger partial charge in [0.1, 0.15) is 6.54 Å². The summed E-state index contributed by atoms with van der Waals surface area (Å²) in [6, 6.07) is 10.6. The van der Waals surface area contributed by atoms with Gasteiger partial charge in [-0.05, 0) is 6.08 Å². The second kappa shape index (κ2) is 7.75. The molecule has 0 N–H and O–H groups in total. The van der Waals surface area contributed by atoms with Crippen LogP contribution >= 0.6 is 12.4 Å². The Morgan fingerprint density at radius 2 is 1.73 bits per heavy atom. The Kier molecular flexibility index (Phi) is 8.74. The highest BCUT2D eigenvalue weighted by Crippen LogP contribution is 2.08. The van der Waals surface area contributed by atoms with Crippen molar-refractivity contribution in [3.05, 3.63) is 48.6 Å². The molecule has 1 rings (SSSR count). The molecule has 0 heterocycles. The molecule has 0 amide bonds. The average Bonchev–Trinajstić information content (AvgIpc) is 2.04. The third-order valence-corrected chi connectivity index (χ3v) is 2.08. The lowest BCUT2D eigenvalue weighted by atomic mass is 10.2. The van der Waals surface area contributed by atoms with Gasteiger partial charge in [-0.25, -0.2) is 0 Å². The number of halogens is 2. The molecule has 1 aromatic carbocycles. The molecule has 0 saturated carbocycles. The number of nitrogens with zero attached hydrogens (tertiary/aromatic N) is 1. The van der Waals surface area contributed by atoms with Crippen LogP contribution in [0.5, 0.6) is 0 Å². The maximum absolute atomic E-state index is 3.77. The third-order valence-electron chi connectivity index (χ3n) is 2.08. The van der Waals surface area contributed by atoms with Crippen LogP contribution in [0.2, 0.25) is 0 Å². The van der Waals surface area contributed by atoms with Gasteiger partial charge in [-0.15, -0.1) is 12.4 Å². The van der Waals surface area contributed by atoms with E-state index in [1.807, 2.05) is 6.08 Å². The van der Waals surface area contributed by atoms with Crippen molar-refractivity contribution in [1.82, 2.24) is 0 Å². The topological polar surface area (TPSA) is 0 Å². The molecular weight excluding hydrogens is 229 g/mol. The first kappa shape index (κ1) is 16.9. The van der Waals surface area contributed by atoms with Crippen molar-refractivity contribution in [2.24, 2.45) is 0 Å². The number of rotatable bonds is 4. The summed E-state index contributed by atoms with van der Waals surface area (Å²) in [5.41, 5.74) is 1.38. The fourth-order valence-corrected chi connectivity index (χ4v) is 1.49. The Morgan fingerprint density at radius 3 is 2.20 bits per heavy atom. The molecule has 1 nitrogen and oxygen atoms in total. The molecule has 0 saturated heterocycles. The monoisotopic (exact) mass is 247 g/mol. The van der Waals surface area contributed by atoms with Crippen LogP contribution in [0, 0.1) is 0 Å². The normalized spacial score (nSPS) is 9.73. The second-order valence-corrected chi connectivity index (χ2v) is 4.05. The molecule has 0 bridgehead atoms. The zero-order chi connectivity index (χ0) is 9.73. The first-order chi connectivity index (χ1) is 6.14. The molecule has 0 unspecified atom stereocenters. The minimum absolute atomic E-state index is 0. The van der Waals surface area contributed by atoms with Gasteiger partial charge in [0.15, 0.2) is 0 Å². The van der Waals surface area contributed by atoms with E-state index in [1.165, 1.54) is 5.56 Å². The molecule has 0 atom stereocenters. The molecule has 15 heavy (non-hydrogen) atoms. The van der Waals surface area contributed by atoms with Gasteiger partial charge in [0.25, 0.3) is 0 Å². The van der Waals surface area contributed by atoms with Crippen LogP contribution in [-0.2, 0) is 6.54 Å². The molecule has 3 heteroatoms. The Balaban J connectivity index is 0. The number of quaternary nitrogens is 1. The summed E-state index contributed by atoms with van der Waals surface area (Å²) < 4.78 is 0.966. The van der Waals surface area contributed by atoms with Gasteiger partial charge in [0.05, 0.1) is 20.6 Å². The quantitative estimate of drug-likeness (QED) is 0.514. The predicted octanol–water partition coefficient (Wildman–Crippen LogP) is -0.125. The Morgan fingerprint density at radius 1 is 1.20 bits per heavy atom. The number of hydrogen-bond acceptors (Lipinski definition) is 0. The lowest BCUT2D eigenvalue weighted by Gasteiger charge is -2.28. The van der Waals surface area contributed by atoms with E-state index in [2.05, 4.69) is 51.0 Å². The lowest BCUT2D eigenvalue weighted by Crippen LogP contribution is -3.00.